The Morgan fingerprint density at radius 1 is 1.07 bits per heavy atom. The number of carboxylic acid groups (broad SMARTS) is 2. The molecule has 0 aromatic carbocycles. The molecule has 0 bridgehead atoms. The topological polar surface area (TPSA) is 104 Å². The van der Waals surface area contributed by atoms with E-state index in [1.165, 1.54) is 0 Å². The number of hydrogen-bond donors (Lipinski definition) is 3. The molecule has 4 atom stereocenters. The Bertz CT molecular complexity index is 286. The van der Waals surface area contributed by atoms with Crippen molar-refractivity contribution in [2.75, 3.05) is 0 Å². The highest BCUT2D eigenvalue weighted by molar-refractivity contribution is 6.09. The van der Waals surface area contributed by atoms with E-state index in [0.29, 0.717) is 0 Å². The van der Waals surface area contributed by atoms with Gasteiger partial charge in [0.2, 0.25) is 0 Å². The molecule has 0 spiro atoms. The van der Waals surface area contributed by atoms with E-state index in [1.54, 1.807) is 13.8 Å². The highest BCUT2D eigenvalue weighted by Crippen LogP contribution is 2.22. The smallest absolute Gasteiger partial charge is 0.315 e. The molecule has 3 N–H and O–H groups in total. The van der Waals surface area contributed by atoms with Crippen LogP contribution in [-0.2, 0) is 14.4 Å². The molecule has 1 heterocycles. The Balaban J connectivity index is 2.99. The molecule has 1 fully saturated rings. The number of Topliss-reactive ketones (excluding diaryl/α,β-unsaturated/α-hetero) is 1. The Hall–Kier alpha value is -1.43. The third-order valence-electron chi connectivity index (χ3n) is 2.67. The molecule has 6 heteroatoms. The summed E-state index contributed by atoms with van der Waals surface area (Å²) in [7, 11) is 0. The van der Waals surface area contributed by atoms with Crippen LogP contribution in [0.5, 0.6) is 0 Å². The van der Waals surface area contributed by atoms with Crippen molar-refractivity contribution in [2.45, 2.75) is 25.9 Å². The molecule has 0 aromatic rings. The Labute approximate surface area is 86.3 Å². The molecule has 0 aromatic heterocycles. The molecule has 1 aliphatic heterocycles. The zero-order valence-corrected chi connectivity index (χ0v) is 8.43. The fourth-order valence-electron chi connectivity index (χ4n) is 1.96. The Morgan fingerprint density at radius 3 is 1.67 bits per heavy atom. The van der Waals surface area contributed by atoms with E-state index >= 15 is 0 Å². The van der Waals surface area contributed by atoms with Crippen molar-refractivity contribution in [2.24, 2.45) is 11.8 Å². The van der Waals surface area contributed by atoms with Gasteiger partial charge in [0.25, 0.3) is 0 Å². The SMILES string of the molecule is CC1NC(C)C(C(=O)O)C(=O)C1C(=O)O. The van der Waals surface area contributed by atoms with Crippen LogP contribution in [0.25, 0.3) is 0 Å². The number of carbonyl (C=O) groups is 3. The molecule has 1 aliphatic rings. The number of carbonyl (C=O) groups excluding carboxylic acids is 1. The molecule has 0 radical (unpaired) electrons. The summed E-state index contributed by atoms with van der Waals surface area (Å²) in [5.74, 6) is -5.84. The zero-order valence-electron chi connectivity index (χ0n) is 8.43. The molecule has 6 nitrogen and oxygen atoms in total. The van der Waals surface area contributed by atoms with E-state index in [9.17, 15) is 14.4 Å². The molecule has 1 rings (SSSR count). The van der Waals surface area contributed by atoms with Crippen LogP contribution in [0.4, 0.5) is 0 Å². The first-order chi connectivity index (χ1) is 6.86. The number of nitrogens with one attached hydrogen (secondary N) is 1. The lowest BCUT2D eigenvalue weighted by Crippen LogP contribution is -2.59. The lowest BCUT2D eigenvalue weighted by Gasteiger charge is -2.34. The molecule has 0 saturated carbocycles. The van der Waals surface area contributed by atoms with Crippen LogP contribution < -0.4 is 5.32 Å². The first-order valence-corrected chi connectivity index (χ1v) is 4.61. The van der Waals surface area contributed by atoms with Crippen LogP contribution in [0.1, 0.15) is 13.8 Å². The standard InChI is InChI=1S/C9H13NO5/c1-3-5(8(12)13)7(11)6(9(14)15)4(2)10-3/h3-6,10H,1-2H3,(H,12,13)(H,14,15). The van der Waals surface area contributed by atoms with E-state index in [4.69, 9.17) is 10.2 Å². The number of carboxylic acids is 2. The minimum absolute atomic E-state index is 0.541. The monoisotopic (exact) mass is 215 g/mol. The fourth-order valence-corrected chi connectivity index (χ4v) is 1.96. The van der Waals surface area contributed by atoms with Gasteiger partial charge in [-0.25, -0.2) is 0 Å². The van der Waals surface area contributed by atoms with Crippen molar-refractivity contribution in [1.82, 2.24) is 5.32 Å². The van der Waals surface area contributed by atoms with Gasteiger partial charge in [-0.3, -0.25) is 14.4 Å². The molecule has 15 heavy (non-hydrogen) atoms. The lowest BCUT2D eigenvalue weighted by atomic mass is 9.80. The van der Waals surface area contributed by atoms with E-state index in [0.717, 1.165) is 0 Å². The molecule has 84 valence electrons. The summed E-state index contributed by atoms with van der Waals surface area (Å²) in [6.45, 7) is 3.12. The van der Waals surface area contributed by atoms with Gasteiger partial charge in [0, 0.05) is 12.1 Å². The quantitative estimate of drug-likeness (QED) is 0.528. The summed E-state index contributed by atoms with van der Waals surface area (Å²) in [4.78, 5) is 33.2. The van der Waals surface area contributed by atoms with Gasteiger partial charge < -0.3 is 15.5 Å². The predicted octanol–water partition coefficient (Wildman–Crippen LogP) is -0.663. The highest BCUT2D eigenvalue weighted by Gasteiger charge is 2.47. The van der Waals surface area contributed by atoms with E-state index in [1.807, 2.05) is 0 Å². The van der Waals surface area contributed by atoms with Crippen LogP contribution in [-0.4, -0.2) is 40.0 Å². The maximum Gasteiger partial charge on any atom is 0.315 e. The van der Waals surface area contributed by atoms with Crippen molar-refractivity contribution < 1.29 is 24.6 Å². The summed E-state index contributed by atoms with van der Waals surface area (Å²) in [5, 5.41) is 20.4. The fraction of sp³-hybridized carbons (Fsp3) is 0.667. The van der Waals surface area contributed by atoms with Crippen molar-refractivity contribution in [3.8, 4) is 0 Å². The Kier molecular flexibility index (Phi) is 3.09. The minimum atomic E-state index is -1.28. The summed E-state index contributed by atoms with van der Waals surface area (Å²) < 4.78 is 0. The van der Waals surface area contributed by atoms with Crippen LogP contribution in [0.2, 0.25) is 0 Å². The van der Waals surface area contributed by atoms with Crippen molar-refractivity contribution in [1.29, 1.82) is 0 Å². The first-order valence-electron chi connectivity index (χ1n) is 4.61. The third-order valence-corrected chi connectivity index (χ3v) is 2.67. The van der Waals surface area contributed by atoms with E-state index in [-0.39, 0.29) is 0 Å². The van der Waals surface area contributed by atoms with Gasteiger partial charge in [0.1, 0.15) is 11.8 Å². The number of rotatable bonds is 2. The van der Waals surface area contributed by atoms with Gasteiger partial charge in [-0.2, -0.15) is 0 Å². The van der Waals surface area contributed by atoms with Crippen molar-refractivity contribution >= 4 is 17.7 Å². The van der Waals surface area contributed by atoms with Crippen molar-refractivity contribution in [3.05, 3.63) is 0 Å². The average Bonchev–Trinajstić information content (AvgIpc) is 1.99. The second-order valence-corrected chi connectivity index (χ2v) is 3.78. The molecular formula is C9H13NO5. The second-order valence-electron chi connectivity index (χ2n) is 3.78. The second kappa shape index (κ2) is 3.98. The van der Waals surface area contributed by atoms with Crippen molar-refractivity contribution in [3.63, 3.8) is 0 Å². The summed E-state index contributed by atoms with van der Waals surface area (Å²) in [6.07, 6.45) is 0. The van der Waals surface area contributed by atoms with E-state index in [2.05, 4.69) is 5.32 Å². The van der Waals surface area contributed by atoms with Gasteiger partial charge in [-0.15, -0.1) is 0 Å². The van der Waals surface area contributed by atoms with Crippen LogP contribution >= 0.6 is 0 Å². The predicted molar refractivity (Wildman–Crippen MR) is 49.3 cm³/mol. The number of hydrogen-bond acceptors (Lipinski definition) is 4. The largest absolute Gasteiger partial charge is 0.481 e. The molecular weight excluding hydrogens is 202 g/mol. The van der Waals surface area contributed by atoms with Gasteiger partial charge in [0.05, 0.1) is 0 Å². The van der Waals surface area contributed by atoms with Gasteiger partial charge in [0.15, 0.2) is 5.78 Å². The zero-order chi connectivity index (χ0) is 11.7. The normalized spacial score (nSPS) is 36.3. The molecule has 0 aliphatic carbocycles. The van der Waals surface area contributed by atoms with Gasteiger partial charge >= 0.3 is 11.9 Å². The third kappa shape index (κ3) is 1.99. The van der Waals surface area contributed by atoms with Crippen LogP contribution in [0, 0.1) is 11.8 Å². The van der Waals surface area contributed by atoms with Crippen LogP contribution in [0.3, 0.4) is 0 Å². The highest BCUT2D eigenvalue weighted by atomic mass is 16.4. The number of piperidine rings is 1. The molecule has 4 unspecified atom stereocenters. The lowest BCUT2D eigenvalue weighted by molar-refractivity contribution is -0.156. The Morgan fingerprint density at radius 2 is 1.40 bits per heavy atom. The number of aliphatic carboxylic acids is 2. The van der Waals surface area contributed by atoms with Gasteiger partial charge in [-0.1, -0.05) is 0 Å². The van der Waals surface area contributed by atoms with E-state index < -0.39 is 41.6 Å². The van der Waals surface area contributed by atoms with Gasteiger partial charge in [-0.05, 0) is 13.8 Å². The maximum absolute atomic E-state index is 11.6. The summed E-state index contributed by atoms with van der Waals surface area (Å²) in [6, 6.07) is -1.08. The maximum atomic E-state index is 11.6. The minimum Gasteiger partial charge on any atom is -0.481 e. The summed E-state index contributed by atoms with van der Waals surface area (Å²) >= 11 is 0. The average molecular weight is 215 g/mol. The molecule has 1 saturated heterocycles. The van der Waals surface area contributed by atoms with Crippen LogP contribution in [0.15, 0.2) is 0 Å². The number of ketones is 1. The molecule has 0 amide bonds. The first kappa shape index (κ1) is 11.6. The summed E-state index contributed by atoms with van der Waals surface area (Å²) in [5.41, 5.74) is 0.